The molecular weight excluding hydrogens is 240 g/mol. The van der Waals surface area contributed by atoms with E-state index in [2.05, 4.69) is 39.7 Å². The van der Waals surface area contributed by atoms with Crippen molar-refractivity contribution in [2.24, 2.45) is 11.3 Å². The van der Waals surface area contributed by atoms with Crippen LogP contribution in [0.25, 0.3) is 0 Å². The second-order valence-electron chi connectivity index (χ2n) is 6.18. The summed E-state index contributed by atoms with van der Waals surface area (Å²) in [5.41, 5.74) is 0.735. The number of rotatable bonds is 6. The lowest BCUT2D eigenvalue weighted by Crippen LogP contribution is -2.22. The van der Waals surface area contributed by atoms with Crippen LogP contribution in [0.1, 0.15) is 57.9 Å². The van der Waals surface area contributed by atoms with E-state index in [0.29, 0.717) is 23.8 Å². The SMILES string of the molecule is CCCn1ncc(OC)c1C(=O)CC(C)C(C)(C)C. The largest absolute Gasteiger partial charge is 0.493 e. The van der Waals surface area contributed by atoms with Gasteiger partial charge in [0.2, 0.25) is 0 Å². The maximum atomic E-state index is 12.5. The zero-order valence-corrected chi connectivity index (χ0v) is 13.0. The van der Waals surface area contributed by atoms with E-state index in [0.717, 1.165) is 13.0 Å². The molecule has 0 fully saturated rings. The van der Waals surface area contributed by atoms with Crippen LogP contribution in [0.5, 0.6) is 5.75 Å². The highest BCUT2D eigenvalue weighted by Gasteiger charge is 2.26. The molecule has 0 aliphatic rings. The summed E-state index contributed by atoms with van der Waals surface area (Å²) in [5, 5.41) is 4.24. The fraction of sp³-hybridized carbons (Fsp3) is 0.733. The second-order valence-corrected chi connectivity index (χ2v) is 6.18. The Morgan fingerprint density at radius 1 is 1.47 bits per heavy atom. The van der Waals surface area contributed by atoms with E-state index in [1.165, 1.54) is 0 Å². The standard InChI is InChI=1S/C15H26N2O2/c1-7-8-17-14(13(19-6)10-16-17)12(18)9-11(2)15(3,4)5/h10-11H,7-9H2,1-6H3. The van der Waals surface area contributed by atoms with Gasteiger partial charge in [0.05, 0.1) is 13.3 Å². The van der Waals surface area contributed by atoms with Gasteiger partial charge in [0.1, 0.15) is 5.69 Å². The molecule has 1 rings (SSSR count). The third-order valence-electron chi connectivity index (χ3n) is 3.70. The maximum Gasteiger partial charge on any atom is 0.184 e. The molecule has 19 heavy (non-hydrogen) atoms. The second kappa shape index (κ2) is 6.22. The van der Waals surface area contributed by atoms with Crippen molar-refractivity contribution in [2.75, 3.05) is 7.11 Å². The normalized spacial score (nSPS) is 13.4. The minimum Gasteiger partial charge on any atom is -0.493 e. The molecule has 1 unspecified atom stereocenters. The highest BCUT2D eigenvalue weighted by molar-refractivity contribution is 5.97. The van der Waals surface area contributed by atoms with E-state index in [1.807, 2.05) is 0 Å². The predicted octanol–water partition coefficient (Wildman–Crippen LogP) is 3.56. The van der Waals surface area contributed by atoms with Crippen LogP contribution in [-0.4, -0.2) is 22.7 Å². The van der Waals surface area contributed by atoms with Gasteiger partial charge in [-0.1, -0.05) is 34.6 Å². The molecule has 108 valence electrons. The Kier molecular flexibility index (Phi) is 5.15. The number of carbonyl (C=O) groups is 1. The van der Waals surface area contributed by atoms with Crippen LogP contribution in [0.4, 0.5) is 0 Å². The maximum absolute atomic E-state index is 12.5. The Morgan fingerprint density at radius 3 is 2.58 bits per heavy atom. The number of aromatic nitrogens is 2. The average molecular weight is 266 g/mol. The summed E-state index contributed by atoms with van der Waals surface area (Å²) in [6.45, 7) is 11.4. The molecule has 1 aromatic heterocycles. The fourth-order valence-electron chi connectivity index (χ4n) is 1.86. The fourth-order valence-corrected chi connectivity index (χ4v) is 1.86. The van der Waals surface area contributed by atoms with E-state index in [1.54, 1.807) is 18.0 Å². The third-order valence-corrected chi connectivity index (χ3v) is 3.70. The van der Waals surface area contributed by atoms with Gasteiger partial charge in [-0.05, 0) is 17.8 Å². The van der Waals surface area contributed by atoms with Crippen LogP contribution in [0.15, 0.2) is 6.20 Å². The van der Waals surface area contributed by atoms with Crippen molar-refractivity contribution in [3.8, 4) is 5.75 Å². The van der Waals surface area contributed by atoms with Crippen LogP contribution < -0.4 is 4.74 Å². The molecule has 0 aliphatic heterocycles. The van der Waals surface area contributed by atoms with Crippen molar-refractivity contribution < 1.29 is 9.53 Å². The quantitative estimate of drug-likeness (QED) is 0.739. The first-order chi connectivity index (χ1) is 8.81. The van der Waals surface area contributed by atoms with E-state index >= 15 is 0 Å². The summed E-state index contributed by atoms with van der Waals surface area (Å²) in [7, 11) is 1.58. The molecule has 1 aromatic rings. The number of nitrogens with zero attached hydrogens (tertiary/aromatic N) is 2. The van der Waals surface area contributed by atoms with E-state index < -0.39 is 0 Å². The summed E-state index contributed by atoms with van der Waals surface area (Å²) in [6, 6.07) is 0. The summed E-state index contributed by atoms with van der Waals surface area (Å²) >= 11 is 0. The number of ether oxygens (including phenoxy) is 1. The Bertz CT molecular complexity index is 430. The molecule has 1 atom stereocenters. The first-order valence-electron chi connectivity index (χ1n) is 6.94. The van der Waals surface area contributed by atoms with Gasteiger partial charge >= 0.3 is 0 Å². The minimum atomic E-state index is 0.116. The van der Waals surface area contributed by atoms with Gasteiger partial charge in [0.25, 0.3) is 0 Å². The van der Waals surface area contributed by atoms with E-state index in [9.17, 15) is 4.79 Å². The van der Waals surface area contributed by atoms with Gasteiger partial charge in [-0.15, -0.1) is 0 Å². The van der Waals surface area contributed by atoms with Crippen LogP contribution in [0.3, 0.4) is 0 Å². The molecule has 0 bridgehead atoms. The molecule has 0 aliphatic carbocycles. The Labute approximate surface area is 116 Å². The first kappa shape index (κ1) is 15.7. The molecular formula is C15H26N2O2. The summed E-state index contributed by atoms with van der Waals surface area (Å²) in [6.07, 6.45) is 3.10. The lowest BCUT2D eigenvalue weighted by atomic mass is 9.79. The zero-order chi connectivity index (χ0) is 14.6. The number of hydrogen-bond acceptors (Lipinski definition) is 3. The Morgan fingerprint density at radius 2 is 2.11 bits per heavy atom. The third kappa shape index (κ3) is 3.82. The zero-order valence-electron chi connectivity index (χ0n) is 13.0. The number of methoxy groups -OCH3 is 1. The van der Waals surface area contributed by atoms with Crippen molar-refractivity contribution in [2.45, 2.75) is 54.0 Å². The van der Waals surface area contributed by atoms with Crippen LogP contribution in [-0.2, 0) is 6.54 Å². The van der Waals surface area contributed by atoms with Crippen molar-refractivity contribution >= 4 is 5.78 Å². The van der Waals surface area contributed by atoms with Crippen LogP contribution in [0.2, 0.25) is 0 Å². The molecule has 4 nitrogen and oxygen atoms in total. The lowest BCUT2D eigenvalue weighted by Gasteiger charge is -2.26. The van der Waals surface area contributed by atoms with Crippen molar-refractivity contribution in [3.63, 3.8) is 0 Å². The molecule has 0 N–H and O–H groups in total. The van der Waals surface area contributed by atoms with E-state index in [4.69, 9.17) is 4.74 Å². The number of carbonyl (C=O) groups excluding carboxylic acids is 1. The van der Waals surface area contributed by atoms with Crippen molar-refractivity contribution in [1.29, 1.82) is 0 Å². The van der Waals surface area contributed by atoms with Gasteiger partial charge in [-0.25, -0.2) is 0 Å². The molecule has 0 aromatic carbocycles. The van der Waals surface area contributed by atoms with Gasteiger partial charge in [0, 0.05) is 13.0 Å². The van der Waals surface area contributed by atoms with Gasteiger partial charge in [-0.2, -0.15) is 5.10 Å². The number of ketones is 1. The lowest BCUT2D eigenvalue weighted by molar-refractivity contribution is 0.0913. The smallest absolute Gasteiger partial charge is 0.184 e. The molecule has 0 saturated heterocycles. The molecule has 4 heteroatoms. The Balaban J connectivity index is 2.95. The molecule has 0 spiro atoms. The molecule has 0 radical (unpaired) electrons. The summed E-state index contributed by atoms with van der Waals surface area (Å²) in [4.78, 5) is 12.5. The Hall–Kier alpha value is -1.32. The highest BCUT2D eigenvalue weighted by Crippen LogP contribution is 2.30. The highest BCUT2D eigenvalue weighted by atomic mass is 16.5. The number of Topliss-reactive ketones (excluding diaryl/α,β-unsaturated/α-hetero) is 1. The van der Waals surface area contributed by atoms with Gasteiger partial charge < -0.3 is 4.74 Å². The average Bonchev–Trinajstić information content (AvgIpc) is 2.71. The monoisotopic (exact) mass is 266 g/mol. The molecule has 0 amide bonds. The van der Waals surface area contributed by atoms with Crippen molar-refractivity contribution in [3.05, 3.63) is 11.9 Å². The predicted molar refractivity (Wildman–Crippen MR) is 76.6 cm³/mol. The first-order valence-corrected chi connectivity index (χ1v) is 6.94. The van der Waals surface area contributed by atoms with Crippen LogP contribution in [0, 0.1) is 11.3 Å². The van der Waals surface area contributed by atoms with E-state index in [-0.39, 0.29) is 11.2 Å². The summed E-state index contributed by atoms with van der Waals surface area (Å²) < 4.78 is 7.02. The molecule has 1 heterocycles. The number of hydrogen-bond donors (Lipinski definition) is 0. The minimum absolute atomic E-state index is 0.116. The van der Waals surface area contributed by atoms with Gasteiger partial charge in [-0.3, -0.25) is 9.48 Å². The number of aryl methyl sites for hydroxylation is 1. The van der Waals surface area contributed by atoms with Crippen molar-refractivity contribution in [1.82, 2.24) is 9.78 Å². The topological polar surface area (TPSA) is 44.1 Å². The van der Waals surface area contributed by atoms with Gasteiger partial charge in [0.15, 0.2) is 11.5 Å². The summed E-state index contributed by atoms with van der Waals surface area (Å²) in [5.74, 6) is 1.01. The molecule has 0 saturated carbocycles. The van der Waals surface area contributed by atoms with Crippen LogP contribution >= 0.6 is 0 Å².